The molecule has 0 spiro atoms. The fourth-order valence-electron chi connectivity index (χ4n) is 3.76. The van der Waals surface area contributed by atoms with Gasteiger partial charge in [0.05, 0.1) is 99.1 Å². The molecule has 0 aliphatic rings. The summed E-state index contributed by atoms with van der Waals surface area (Å²) in [7, 11) is 0. The van der Waals surface area contributed by atoms with Gasteiger partial charge in [-0.1, -0.05) is 51.2 Å². The SMILES string of the molecule is CCCCCCCCc1ccc(OCCOCCOCCOCCOCCOCCOCCOCCOCC)cc1. The van der Waals surface area contributed by atoms with E-state index in [1.54, 1.807) is 0 Å². The van der Waals surface area contributed by atoms with Gasteiger partial charge in [-0.05, 0) is 37.5 Å². The summed E-state index contributed by atoms with van der Waals surface area (Å²) in [6, 6.07) is 8.44. The zero-order valence-corrected chi connectivity index (χ0v) is 26.0. The van der Waals surface area contributed by atoms with E-state index < -0.39 is 0 Å². The maximum atomic E-state index is 5.76. The van der Waals surface area contributed by atoms with Gasteiger partial charge in [0, 0.05) is 6.61 Å². The van der Waals surface area contributed by atoms with Crippen molar-refractivity contribution in [2.45, 2.75) is 58.8 Å². The molecule has 9 heteroatoms. The van der Waals surface area contributed by atoms with E-state index in [4.69, 9.17) is 42.6 Å². The summed E-state index contributed by atoms with van der Waals surface area (Å²) in [5, 5.41) is 0. The highest BCUT2D eigenvalue weighted by molar-refractivity contribution is 5.27. The van der Waals surface area contributed by atoms with E-state index >= 15 is 0 Å². The highest BCUT2D eigenvalue weighted by Crippen LogP contribution is 2.15. The van der Waals surface area contributed by atoms with Crippen LogP contribution in [0, 0.1) is 0 Å². The van der Waals surface area contributed by atoms with Crippen LogP contribution < -0.4 is 4.74 Å². The van der Waals surface area contributed by atoms with Gasteiger partial charge in [0.15, 0.2) is 0 Å². The van der Waals surface area contributed by atoms with Gasteiger partial charge in [-0.25, -0.2) is 0 Å². The first-order valence-corrected chi connectivity index (χ1v) is 15.7. The minimum Gasteiger partial charge on any atom is -0.491 e. The molecule has 0 aromatic heterocycles. The third-order valence-electron chi connectivity index (χ3n) is 6.05. The minimum absolute atomic E-state index is 0.531. The fraction of sp³-hybridized carbons (Fsp3) is 0.812. The van der Waals surface area contributed by atoms with Crippen LogP contribution >= 0.6 is 0 Å². The Morgan fingerprint density at radius 2 is 0.756 bits per heavy atom. The number of benzene rings is 1. The first-order chi connectivity index (χ1) is 20.4. The Kier molecular flexibility index (Phi) is 29.1. The van der Waals surface area contributed by atoms with Crippen molar-refractivity contribution in [3.8, 4) is 5.75 Å². The molecule has 0 fully saturated rings. The maximum Gasteiger partial charge on any atom is 0.119 e. The van der Waals surface area contributed by atoms with E-state index in [1.165, 1.54) is 44.1 Å². The zero-order valence-electron chi connectivity index (χ0n) is 26.0. The molecule has 0 aliphatic heterocycles. The average molecular weight is 587 g/mol. The lowest BCUT2D eigenvalue weighted by Crippen LogP contribution is -2.15. The Bertz CT molecular complexity index is 630. The van der Waals surface area contributed by atoms with Gasteiger partial charge >= 0.3 is 0 Å². The fourth-order valence-corrected chi connectivity index (χ4v) is 3.76. The van der Waals surface area contributed by atoms with Crippen molar-refractivity contribution in [3.05, 3.63) is 29.8 Å². The van der Waals surface area contributed by atoms with Crippen LogP contribution in [-0.4, -0.2) is 112 Å². The van der Waals surface area contributed by atoms with Gasteiger partial charge in [0.1, 0.15) is 12.4 Å². The summed E-state index contributed by atoms with van der Waals surface area (Å²) in [5.41, 5.74) is 1.38. The smallest absolute Gasteiger partial charge is 0.119 e. The van der Waals surface area contributed by atoms with Crippen molar-refractivity contribution in [3.63, 3.8) is 0 Å². The Balaban J connectivity index is 1.74. The molecule has 0 heterocycles. The Morgan fingerprint density at radius 3 is 1.17 bits per heavy atom. The monoisotopic (exact) mass is 586 g/mol. The Morgan fingerprint density at radius 1 is 0.390 bits per heavy atom. The number of hydrogen-bond donors (Lipinski definition) is 0. The molecule has 41 heavy (non-hydrogen) atoms. The third-order valence-corrected chi connectivity index (χ3v) is 6.05. The van der Waals surface area contributed by atoms with Gasteiger partial charge in [0.25, 0.3) is 0 Å². The van der Waals surface area contributed by atoms with Crippen LogP contribution in [0.2, 0.25) is 0 Å². The van der Waals surface area contributed by atoms with Crippen molar-refractivity contribution in [1.29, 1.82) is 0 Å². The second-order valence-electron chi connectivity index (χ2n) is 9.49. The molecule has 0 N–H and O–H groups in total. The molecular weight excluding hydrogens is 528 g/mol. The predicted octanol–water partition coefficient (Wildman–Crippen LogP) is 5.12. The first-order valence-electron chi connectivity index (χ1n) is 15.7. The highest BCUT2D eigenvalue weighted by atomic mass is 16.6. The summed E-state index contributed by atoms with van der Waals surface area (Å²) in [6.07, 6.45) is 9.12. The minimum atomic E-state index is 0.531. The molecule has 1 aromatic rings. The normalized spacial score (nSPS) is 11.4. The molecule has 0 bridgehead atoms. The summed E-state index contributed by atoms with van der Waals surface area (Å²) in [6.45, 7) is 13.7. The number of ether oxygens (including phenoxy) is 9. The quantitative estimate of drug-likeness (QED) is 0.104. The molecule has 0 radical (unpaired) electrons. The zero-order chi connectivity index (χ0) is 29.3. The van der Waals surface area contributed by atoms with Gasteiger partial charge in [-0.2, -0.15) is 0 Å². The summed E-state index contributed by atoms with van der Waals surface area (Å²) >= 11 is 0. The van der Waals surface area contributed by atoms with Crippen LogP contribution in [0.15, 0.2) is 24.3 Å². The van der Waals surface area contributed by atoms with Crippen molar-refractivity contribution >= 4 is 0 Å². The van der Waals surface area contributed by atoms with Crippen LogP contribution in [0.25, 0.3) is 0 Å². The van der Waals surface area contributed by atoms with Crippen molar-refractivity contribution in [2.24, 2.45) is 0 Å². The lowest BCUT2D eigenvalue weighted by molar-refractivity contribution is -0.0233. The molecule has 0 aliphatic carbocycles. The third kappa shape index (κ3) is 27.3. The molecule has 1 rings (SSSR count). The van der Waals surface area contributed by atoms with Crippen LogP contribution in [-0.2, 0) is 44.3 Å². The van der Waals surface area contributed by atoms with Crippen molar-refractivity contribution in [1.82, 2.24) is 0 Å². The van der Waals surface area contributed by atoms with Crippen molar-refractivity contribution < 1.29 is 42.6 Å². The molecule has 9 nitrogen and oxygen atoms in total. The Hall–Kier alpha value is -1.30. The second-order valence-corrected chi connectivity index (χ2v) is 9.49. The number of hydrogen-bond acceptors (Lipinski definition) is 9. The highest BCUT2D eigenvalue weighted by Gasteiger charge is 1.98. The second kappa shape index (κ2) is 31.6. The van der Waals surface area contributed by atoms with E-state index in [-0.39, 0.29) is 0 Å². The largest absolute Gasteiger partial charge is 0.491 e. The molecule has 0 saturated heterocycles. The predicted molar refractivity (Wildman–Crippen MR) is 161 cm³/mol. The number of rotatable bonds is 33. The molecule has 1 aromatic carbocycles. The molecule has 0 saturated carbocycles. The van der Waals surface area contributed by atoms with Crippen LogP contribution in [0.4, 0.5) is 0 Å². The topological polar surface area (TPSA) is 83.1 Å². The van der Waals surface area contributed by atoms with E-state index in [9.17, 15) is 0 Å². The summed E-state index contributed by atoms with van der Waals surface area (Å²) < 4.78 is 49.3. The van der Waals surface area contributed by atoms with Crippen LogP contribution in [0.1, 0.15) is 57.9 Å². The Labute approximate surface area is 249 Å². The van der Waals surface area contributed by atoms with E-state index in [0.717, 1.165) is 12.2 Å². The van der Waals surface area contributed by atoms with Crippen LogP contribution in [0.3, 0.4) is 0 Å². The molecular formula is C32H58O9. The van der Waals surface area contributed by atoms with Gasteiger partial charge in [-0.15, -0.1) is 0 Å². The number of unbranched alkanes of at least 4 members (excludes halogenated alkanes) is 5. The lowest BCUT2D eigenvalue weighted by Gasteiger charge is -2.09. The summed E-state index contributed by atoms with van der Waals surface area (Å²) in [4.78, 5) is 0. The van der Waals surface area contributed by atoms with E-state index in [0.29, 0.717) is 112 Å². The van der Waals surface area contributed by atoms with Crippen molar-refractivity contribution in [2.75, 3.05) is 112 Å². The standard InChI is InChI=1S/C32H58O9/c1-3-5-6-7-8-9-10-31-11-13-32(14-12-31)41-30-29-40-28-27-39-26-25-38-24-23-37-22-21-36-20-19-35-18-17-34-16-15-33-4-2/h11-14H,3-10,15-30H2,1-2H3. The molecule has 0 amide bonds. The first kappa shape index (κ1) is 37.7. The number of aryl methyl sites for hydroxylation is 1. The van der Waals surface area contributed by atoms with Crippen LogP contribution in [0.5, 0.6) is 5.75 Å². The van der Waals surface area contributed by atoms with E-state index in [2.05, 4.69) is 31.2 Å². The van der Waals surface area contributed by atoms with Gasteiger partial charge in [-0.3, -0.25) is 0 Å². The molecule has 0 unspecified atom stereocenters. The van der Waals surface area contributed by atoms with Gasteiger partial charge < -0.3 is 42.6 Å². The molecule has 0 atom stereocenters. The lowest BCUT2D eigenvalue weighted by atomic mass is 10.0. The average Bonchev–Trinajstić information content (AvgIpc) is 2.99. The van der Waals surface area contributed by atoms with E-state index in [1.807, 2.05) is 6.92 Å². The summed E-state index contributed by atoms with van der Waals surface area (Å²) in [5.74, 6) is 0.890. The van der Waals surface area contributed by atoms with Gasteiger partial charge in [0.2, 0.25) is 0 Å². The molecule has 240 valence electrons. The maximum absolute atomic E-state index is 5.76.